The van der Waals surface area contributed by atoms with Gasteiger partial charge in [-0.3, -0.25) is 14.8 Å². The highest BCUT2D eigenvalue weighted by Gasteiger charge is 2.23. The van der Waals surface area contributed by atoms with Crippen LogP contribution in [0.15, 0.2) is 94.7 Å². The smallest absolute Gasteiger partial charge is 0.261 e. The van der Waals surface area contributed by atoms with Gasteiger partial charge < -0.3 is 0 Å². The molecule has 2 N–H and O–H groups in total. The molecule has 0 saturated carbocycles. The summed E-state index contributed by atoms with van der Waals surface area (Å²) in [5, 5.41) is 11.4. The number of thioether (sulfide) groups is 1. The highest BCUT2D eigenvalue weighted by Crippen LogP contribution is 2.37. The van der Waals surface area contributed by atoms with Gasteiger partial charge in [0.25, 0.3) is 10.0 Å². The molecule has 168 valence electrons. The zero-order chi connectivity index (χ0) is 23.3. The molecule has 0 fully saturated rings. The van der Waals surface area contributed by atoms with Crippen LogP contribution in [0.1, 0.15) is 15.8 Å². The first kappa shape index (κ1) is 23.0. The van der Waals surface area contributed by atoms with E-state index < -0.39 is 15.3 Å². The quantitative estimate of drug-likeness (QED) is 0.328. The fourth-order valence-electron chi connectivity index (χ4n) is 2.97. The maximum absolute atomic E-state index is 13.1. The second-order valence-corrected chi connectivity index (χ2v) is 11.0. The minimum Gasteiger partial charge on any atom is -0.299 e. The Morgan fingerprint density at radius 1 is 0.909 bits per heavy atom. The fraction of sp³-hybridized carbons (Fsp3) is 0.0870. The molecule has 0 radical (unpaired) electrons. The van der Waals surface area contributed by atoms with Crippen molar-refractivity contribution in [2.75, 3.05) is 10.0 Å². The van der Waals surface area contributed by atoms with Crippen LogP contribution in [-0.4, -0.2) is 24.5 Å². The molecule has 10 heteroatoms. The molecule has 1 amide bonds. The van der Waals surface area contributed by atoms with Crippen LogP contribution in [0.2, 0.25) is 0 Å². The van der Waals surface area contributed by atoms with Gasteiger partial charge in [0.1, 0.15) is 10.3 Å². The average Bonchev–Trinajstić information content (AvgIpc) is 3.23. The number of aromatic nitrogens is 2. The van der Waals surface area contributed by atoms with Crippen molar-refractivity contribution < 1.29 is 13.2 Å². The van der Waals surface area contributed by atoms with Gasteiger partial charge in [0, 0.05) is 10.6 Å². The van der Waals surface area contributed by atoms with Crippen LogP contribution in [0.3, 0.4) is 0 Å². The number of sulfonamides is 1. The van der Waals surface area contributed by atoms with E-state index in [0.29, 0.717) is 10.8 Å². The Morgan fingerprint density at radius 3 is 2.15 bits per heavy atom. The Balaban J connectivity index is 1.51. The lowest BCUT2D eigenvalue weighted by Gasteiger charge is -2.16. The van der Waals surface area contributed by atoms with E-state index in [9.17, 15) is 13.2 Å². The third-order valence-electron chi connectivity index (χ3n) is 4.51. The minimum atomic E-state index is -3.67. The van der Waals surface area contributed by atoms with E-state index in [-0.39, 0.29) is 10.8 Å². The van der Waals surface area contributed by atoms with Gasteiger partial charge in [-0.15, -0.1) is 22.0 Å². The van der Waals surface area contributed by atoms with E-state index in [1.807, 2.05) is 37.3 Å². The molecule has 0 aliphatic carbocycles. The van der Waals surface area contributed by atoms with Crippen molar-refractivity contribution in [1.29, 1.82) is 0 Å². The third-order valence-corrected chi connectivity index (χ3v) is 7.93. The Morgan fingerprint density at radius 2 is 1.55 bits per heavy atom. The first-order valence-electron chi connectivity index (χ1n) is 9.91. The summed E-state index contributed by atoms with van der Waals surface area (Å²) in [6.07, 6.45) is 0. The summed E-state index contributed by atoms with van der Waals surface area (Å²) in [5.41, 5.74) is 1.28. The number of carbonyl (C=O) groups is 1. The molecule has 1 aromatic heterocycles. The molecule has 0 bridgehead atoms. The molecular formula is C23H20N4O3S3. The van der Waals surface area contributed by atoms with Crippen molar-refractivity contribution in [2.24, 2.45) is 0 Å². The molecule has 1 heterocycles. The molecule has 0 saturated heterocycles. The third kappa shape index (κ3) is 5.98. The summed E-state index contributed by atoms with van der Waals surface area (Å²) in [6.45, 7) is 1.82. The van der Waals surface area contributed by atoms with E-state index in [1.54, 1.807) is 42.5 Å². The van der Waals surface area contributed by atoms with Crippen LogP contribution in [0.5, 0.6) is 0 Å². The number of amides is 1. The Kier molecular flexibility index (Phi) is 7.07. The standard InChI is InChI=1S/C23H20N4O3S3/c1-16-25-26-23(31-16)24-22(28)21(17-8-4-2-5-9-17)32-19-14-12-18(13-15-19)27-33(29,30)20-10-6-3-7-11-20/h2-15,21,27H,1H3,(H,24,26,28). The Bertz CT molecular complexity index is 1330. The molecule has 1 unspecified atom stereocenters. The topological polar surface area (TPSA) is 101 Å². The van der Waals surface area contributed by atoms with Gasteiger partial charge in [0.2, 0.25) is 11.0 Å². The highest BCUT2D eigenvalue weighted by molar-refractivity contribution is 8.00. The van der Waals surface area contributed by atoms with Gasteiger partial charge >= 0.3 is 0 Å². The van der Waals surface area contributed by atoms with Gasteiger partial charge in [-0.2, -0.15) is 0 Å². The van der Waals surface area contributed by atoms with Crippen LogP contribution in [0, 0.1) is 6.92 Å². The number of hydrogen-bond acceptors (Lipinski definition) is 7. The molecule has 0 aliphatic rings. The summed E-state index contributed by atoms with van der Waals surface area (Å²) >= 11 is 2.68. The zero-order valence-electron chi connectivity index (χ0n) is 17.5. The molecule has 7 nitrogen and oxygen atoms in total. The maximum Gasteiger partial charge on any atom is 0.261 e. The predicted molar refractivity (Wildman–Crippen MR) is 132 cm³/mol. The lowest BCUT2D eigenvalue weighted by molar-refractivity contribution is -0.115. The molecule has 33 heavy (non-hydrogen) atoms. The number of anilines is 2. The van der Waals surface area contributed by atoms with E-state index in [1.165, 1.54) is 35.2 Å². The lowest BCUT2D eigenvalue weighted by atomic mass is 10.1. The highest BCUT2D eigenvalue weighted by atomic mass is 32.2. The Labute approximate surface area is 200 Å². The van der Waals surface area contributed by atoms with Crippen molar-refractivity contribution in [1.82, 2.24) is 10.2 Å². The van der Waals surface area contributed by atoms with Crippen molar-refractivity contribution in [3.63, 3.8) is 0 Å². The van der Waals surface area contributed by atoms with Gasteiger partial charge in [-0.1, -0.05) is 59.9 Å². The number of nitrogens with one attached hydrogen (secondary N) is 2. The molecule has 0 aliphatic heterocycles. The SMILES string of the molecule is Cc1nnc(NC(=O)C(Sc2ccc(NS(=O)(=O)c3ccccc3)cc2)c2ccccc2)s1. The fourth-order valence-corrected chi connectivity index (χ4v) is 5.67. The summed E-state index contributed by atoms with van der Waals surface area (Å²) in [4.78, 5) is 14.1. The monoisotopic (exact) mass is 496 g/mol. The first-order chi connectivity index (χ1) is 15.9. The maximum atomic E-state index is 13.1. The second kappa shape index (κ2) is 10.2. The van der Waals surface area contributed by atoms with E-state index in [4.69, 9.17) is 0 Å². The normalized spacial score (nSPS) is 12.2. The average molecular weight is 497 g/mol. The summed E-state index contributed by atoms with van der Waals surface area (Å²) in [7, 11) is -3.67. The van der Waals surface area contributed by atoms with Gasteiger partial charge in [0.15, 0.2) is 0 Å². The van der Waals surface area contributed by atoms with E-state index >= 15 is 0 Å². The molecular weight excluding hydrogens is 476 g/mol. The number of hydrogen-bond donors (Lipinski definition) is 2. The molecule has 4 aromatic rings. The van der Waals surface area contributed by atoms with Crippen molar-refractivity contribution >= 4 is 49.8 Å². The van der Waals surface area contributed by atoms with Gasteiger partial charge in [-0.25, -0.2) is 8.42 Å². The molecule has 0 spiro atoms. The molecule has 4 rings (SSSR count). The summed E-state index contributed by atoms with van der Waals surface area (Å²) in [5.74, 6) is -0.212. The zero-order valence-corrected chi connectivity index (χ0v) is 20.0. The van der Waals surface area contributed by atoms with Crippen molar-refractivity contribution in [3.05, 3.63) is 95.5 Å². The summed E-state index contributed by atoms with van der Waals surface area (Å²) < 4.78 is 27.6. The van der Waals surface area contributed by atoms with Crippen molar-refractivity contribution in [3.8, 4) is 0 Å². The van der Waals surface area contributed by atoms with Crippen LogP contribution in [0.25, 0.3) is 0 Å². The molecule has 1 atom stereocenters. The van der Waals surface area contributed by atoms with E-state index in [2.05, 4.69) is 20.2 Å². The van der Waals surface area contributed by atoms with Crippen LogP contribution >= 0.6 is 23.1 Å². The minimum absolute atomic E-state index is 0.191. The van der Waals surface area contributed by atoms with Gasteiger partial charge in [0.05, 0.1) is 4.90 Å². The van der Waals surface area contributed by atoms with Crippen LogP contribution in [0.4, 0.5) is 10.8 Å². The molecule has 3 aromatic carbocycles. The van der Waals surface area contributed by atoms with Gasteiger partial charge in [-0.05, 0) is 48.9 Å². The number of rotatable bonds is 8. The number of nitrogens with zero attached hydrogens (tertiary/aromatic N) is 2. The van der Waals surface area contributed by atoms with Crippen LogP contribution < -0.4 is 10.0 Å². The summed E-state index contributed by atoms with van der Waals surface area (Å²) in [6, 6.07) is 24.5. The van der Waals surface area contributed by atoms with Crippen LogP contribution in [-0.2, 0) is 14.8 Å². The van der Waals surface area contributed by atoms with Crippen molar-refractivity contribution in [2.45, 2.75) is 22.0 Å². The van der Waals surface area contributed by atoms with E-state index in [0.717, 1.165) is 15.5 Å². The number of carbonyl (C=O) groups excluding carboxylic acids is 1. The number of benzene rings is 3. The Hall–Kier alpha value is -3.21. The predicted octanol–water partition coefficient (Wildman–Crippen LogP) is 5.12. The lowest BCUT2D eigenvalue weighted by Crippen LogP contribution is -2.19. The second-order valence-electron chi connectivity index (χ2n) is 6.97. The largest absolute Gasteiger partial charge is 0.299 e. The number of aryl methyl sites for hydroxylation is 1. The first-order valence-corrected chi connectivity index (χ1v) is 13.1.